The molecule has 0 aliphatic carbocycles. The fraction of sp³-hybridized carbons (Fsp3) is 0.133. The second kappa shape index (κ2) is 6.42. The lowest BCUT2D eigenvalue weighted by molar-refractivity contribution is -0.113. The summed E-state index contributed by atoms with van der Waals surface area (Å²) in [6.45, 7) is 0. The Morgan fingerprint density at radius 2 is 2.00 bits per heavy atom. The van der Waals surface area contributed by atoms with Gasteiger partial charge in [-0.1, -0.05) is 23.5 Å². The second-order valence-corrected chi connectivity index (χ2v) is 8.11. The van der Waals surface area contributed by atoms with Crippen molar-refractivity contribution in [3.63, 3.8) is 0 Å². The van der Waals surface area contributed by atoms with E-state index >= 15 is 0 Å². The molecule has 0 spiro atoms. The third kappa shape index (κ3) is 2.80. The summed E-state index contributed by atoms with van der Waals surface area (Å²) in [5.74, 6) is -1.97. The number of nitrogens with zero attached hydrogens (tertiary/aromatic N) is 2. The van der Waals surface area contributed by atoms with Gasteiger partial charge in [0.05, 0.1) is 18.2 Å². The number of thiazole rings is 1. The molecule has 1 aromatic heterocycles. The largest absolute Gasteiger partial charge is 0.505 e. The Hall–Kier alpha value is -2.92. The number of anilines is 1. The van der Waals surface area contributed by atoms with Crippen LogP contribution in [0.5, 0.6) is 0 Å². The van der Waals surface area contributed by atoms with Crippen molar-refractivity contribution in [3.8, 4) is 0 Å². The van der Waals surface area contributed by atoms with Crippen LogP contribution >= 0.6 is 11.3 Å². The monoisotopic (exact) mass is 395 g/mol. The van der Waals surface area contributed by atoms with Crippen LogP contribution in [0.3, 0.4) is 0 Å². The molecule has 0 saturated carbocycles. The Labute approximate surface area is 152 Å². The predicted octanol–water partition coefficient (Wildman–Crippen LogP) is 1.43. The first-order chi connectivity index (χ1) is 12.3. The molecule has 26 heavy (non-hydrogen) atoms. The number of carbonyl (C=O) groups is 2. The van der Waals surface area contributed by atoms with Crippen LogP contribution < -0.4 is 5.32 Å². The van der Waals surface area contributed by atoms with Gasteiger partial charge >= 0.3 is 5.97 Å². The SMILES string of the molecule is COC(=O)c1cnc(NC(=O)C2=C(O)c3ccccc3S(=O)(=O)N2C)s1. The van der Waals surface area contributed by atoms with E-state index in [1.54, 1.807) is 6.07 Å². The van der Waals surface area contributed by atoms with Crippen LogP contribution in [-0.2, 0) is 19.6 Å². The van der Waals surface area contributed by atoms with Crippen molar-refractivity contribution >= 4 is 44.1 Å². The van der Waals surface area contributed by atoms with E-state index in [0.717, 1.165) is 18.4 Å². The van der Waals surface area contributed by atoms with Crippen LogP contribution in [0.25, 0.3) is 5.76 Å². The normalized spacial score (nSPS) is 15.4. The molecule has 2 heterocycles. The van der Waals surface area contributed by atoms with Crippen LogP contribution in [-0.4, -0.2) is 48.8 Å². The zero-order valence-electron chi connectivity index (χ0n) is 13.6. The van der Waals surface area contributed by atoms with Gasteiger partial charge in [0.1, 0.15) is 4.88 Å². The first kappa shape index (κ1) is 17.9. The number of carbonyl (C=O) groups excluding carboxylic acids is 2. The highest BCUT2D eigenvalue weighted by Crippen LogP contribution is 2.34. The number of aliphatic hydroxyl groups is 1. The maximum Gasteiger partial charge on any atom is 0.349 e. The van der Waals surface area contributed by atoms with E-state index in [9.17, 15) is 23.1 Å². The van der Waals surface area contributed by atoms with E-state index in [1.165, 1.54) is 31.5 Å². The number of fused-ring (bicyclic) bond motifs is 1. The van der Waals surface area contributed by atoms with Gasteiger partial charge in [0.25, 0.3) is 15.9 Å². The summed E-state index contributed by atoms with van der Waals surface area (Å²) in [7, 11) is -1.61. The van der Waals surface area contributed by atoms with Crippen LogP contribution in [0.2, 0.25) is 0 Å². The van der Waals surface area contributed by atoms with Crippen molar-refractivity contribution in [1.82, 2.24) is 9.29 Å². The first-order valence-corrected chi connectivity index (χ1v) is 9.40. The Morgan fingerprint density at radius 3 is 2.69 bits per heavy atom. The number of aliphatic hydroxyl groups excluding tert-OH is 1. The van der Waals surface area contributed by atoms with Gasteiger partial charge in [-0.2, -0.15) is 0 Å². The highest BCUT2D eigenvalue weighted by atomic mass is 32.2. The molecule has 11 heteroatoms. The first-order valence-electron chi connectivity index (χ1n) is 7.14. The maximum absolute atomic E-state index is 12.6. The van der Waals surface area contributed by atoms with Gasteiger partial charge in [-0.25, -0.2) is 18.2 Å². The number of hydrogen-bond donors (Lipinski definition) is 2. The molecular formula is C15H13N3O6S2. The summed E-state index contributed by atoms with van der Waals surface area (Å²) >= 11 is 0.856. The number of amides is 1. The van der Waals surface area contributed by atoms with Gasteiger partial charge in [-0.05, 0) is 12.1 Å². The van der Waals surface area contributed by atoms with Crippen LogP contribution in [0.4, 0.5) is 5.13 Å². The number of methoxy groups -OCH3 is 1. The summed E-state index contributed by atoms with van der Waals surface area (Å²) in [6, 6.07) is 5.82. The molecule has 9 nitrogen and oxygen atoms in total. The third-order valence-corrected chi connectivity index (χ3v) is 6.36. The third-order valence-electron chi connectivity index (χ3n) is 3.65. The summed E-state index contributed by atoms with van der Waals surface area (Å²) in [5, 5.41) is 12.9. The Morgan fingerprint density at radius 1 is 1.31 bits per heavy atom. The second-order valence-electron chi connectivity index (χ2n) is 5.14. The number of rotatable bonds is 3. The fourth-order valence-corrected chi connectivity index (χ4v) is 4.49. The lowest BCUT2D eigenvalue weighted by Crippen LogP contribution is -2.37. The smallest absolute Gasteiger partial charge is 0.349 e. The number of benzene rings is 1. The standard InChI is InChI=1S/C15H13N3O6S2/c1-18-11(12(19)8-5-3-4-6-10(8)26(18,22)23)13(20)17-15-16-7-9(25-15)14(21)24-2/h3-7,19H,1-2H3,(H,16,17,20). The predicted molar refractivity (Wildman–Crippen MR) is 93.0 cm³/mol. The van der Waals surface area contributed by atoms with Crippen LogP contribution in [0.1, 0.15) is 15.2 Å². The van der Waals surface area contributed by atoms with Crippen LogP contribution in [0, 0.1) is 0 Å². The Balaban J connectivity index is 1.99. The van der Waals surface area contributed by atoms with Gasteiger partial charge in [0.15, 0.2) is 16.6 Å². The minimum atomic E-state index is -3.99. The Bertz CT molecular complexity index is 1040. The molecule has 3 rings (SSSR count). The van der Waals surface area contributed by atoms with E-state index < -0.39 is 33.4 Å². The number of ether oxygens (including phenoxy) is 1. The van der Waals surface area contributed by atoms with E-state index in [2.05, 4.69) is 15.0 Å². The molecule has 2 N–H and O–H groups in total. The Kier molecular flexibility index (Phi) is 4.42. The molecule has 0 fully saturated rings. The van der Waals surface area contributed by atoms with Crippen LogP contribution in [0.15, 0.2) is 41.1 Å². The number of aromatic nitrogens is 1. The molecule has 0 radical (unpaired) electrons. The van der Waals surface area contributed by atoms with Crippen molar-refractivity contribution in [2.24, 2.45) is 0 Å². The quantitative estimate of drug-likeness (QED) is 0.753. The van der Waals surface area contributed by atoms with Gasteiger partial charge in [-0.15, -0.1) is 0 Å². The molecule has 1 amide bonds. The van der Waals surface area contributed by atoms with Gasteiger partial charge in [-0.3, -0.25) is 14.4 Å². The lowest BCUT2D eigenvalue weighted by Gasteiger charge is -2.28. The number of nitrogens with one attached hydrogen (secondary N) is 1. The van der Waals surface area contributed by atoms with Gasteiger partial charge in [0.2, 0.25) is 0 Å². The van der Waals surface area contributed by atoms with E-state index in [1.807, 2.05) is 0 Å². The summed E-state index contributed by atoms with van der Waals surface area (Å²) in [4.78, 5) is 27.9. The number of esters is 1. The molecule has 2 aromatic rings. The van der Waals surface area contributed by atoms with E-state index in [0.29, 0.717) is 4.31 Å². The van der Waals surface area contributed by atoms with E-state index in [-0.39, 0.29) is 20.5 Å². The van der Waals surface area contributed by atoms with Crippen molar-refractivity contribution in [2.75, 3.05) is 19.5 Å². The average Bonchev–Trinajstić information content (AvgIpc) is 3.08. The summed E-state index contributed by atoms with van der Waals surface area (Å²) < 4.78 is 30.4. The molecular weight excluding hydrogens is 382 g/mol. The van der Waals surface area contributed by atoms with Gasteiger partial charge in [0, 0.05) is 12.6 Å². The topological polar surface area (TPSA) is 126 Å². The zero-order chi connectivity index (χ0) is 19.1. The zero-order valence-corrected chi connectivity index (χ0v) is 15.2. The number of sulfonamides is 1. The highest BCUT2D eigenvalue weighted by molar-refractivity contribution is 7.89. The molecule has 0 atom stereocenters. The lowest BCUT2D eigenvalue weighted by atomic mass is 10.1. The molecule has 1 aliphatic heterocycles. The molecule has 1 aromatic carbocycles. The van der Waals surface area contributed by atoms with Crippen molar-refractivity contribution in [3.05, 3.63) is 46.6 Å². The van der Waals surface area contributed by atoms with Crippen molar-refractivity contribution in [2.45, 2.75) is 4.90 Å². The van der Waals surface area contributed by atoms with Crippen molar-refractivity contribution < 1.29 is 27.9 Å². The minimum absolute atomic E-state index is 0.0325. The highest BCUT2D eigenvalue weighted by Gasteiger charge is 2.37. The number of hydrogen-bond acceptors (Lipinski definition) is 8. The molecule has 0 saturated heterocycles. The molecule has 1 aliphatic rings. The maximum atomic E-state index is 12.6. The average molecular weight is 395 g/mol. The molecule has 0 bridgehead atoms. The summed E-state index contributed by atoms with van der Waals surface area (Å²) in [5.41, 5.74) is -0.413. The fourth-order valence-electron chi connectivity index (χ4n) is 2.37. The molecule has 136 valence electrons. The summed E-state index contributed by atoms with van der Waals surface area (Å²) in [6.07, 6.45) is 1.22. The van der Waals surface area contributed by atoms with E-state index in [4.69, 9.17) is 0 Å². The van der Waals surface area contributed by atoms with Gasteiger partial charge < -0.3 is 9.84 Å². The molecule has 0 unspecified atom stereocenters. The van der Waals surface area contributed by atoms with Crippen molar-refractivity contribution in [1.29, 1.82) is 0 Å². The number of likely N-dealkylation sites (N-methyl/N-ethyl adjacent to an activating group) is 1. The minimum Gasteiger partial charge on any atom is -0.505 e.